The third kappa shape index (κ3) is 2.78. The maximum atomic E-state index is 13.5. The van der Waals surface area contributed by atoms with E-state index in [4.69, 9.17) is 23.2 Å². The van der Waals surface area contributed by atoms with Crippen LogP contribution in [0.5, 0.6) is 0 Å². The largest absolute Gasteiger partial charge is 0.207 e. The number of hydrogen-bond donors (Lipinski definition) is 0. The monoisotopic (exact) mass is 342 g/mol. The summed E-state index contributed by atoms with van der Waals surface area (Å²) >= 11 is 14.0. The third-order valence-electron chi connectivity index (χ3n) is 3.30. The number of rotatable bonds is 2. The lowest BCUT2D eigenvalue weighted by Gasteiger charge is -2.11. The number of halogens is 4. The molecule has 1 unspecified atom stereocenters. The van der Waals surface area contributed by atoms with Gasteiger partial charge < -0.3 is 0 Å². The molecule has 5 heteroatoms. The van der Waals surface area contributed by atoms with Crippen LogP contribution in [0.2, 0.25) is 5.02 Å². The van der Waals surface area contributed by atoms with Gasteiger partial charge in [-0.15, -0.1) is 22.9 Å². The van der Waals surface area contributed by atoms with Crippen molar-refractivity contribution >= 4 is 44.6 Å². The number of aryl methyl sites for hydroxylation is 1. The highest BCUT2D eigenvalue weighted by Gasteiger charge is 2.18. The molecule has 0 aliphatic heterocycles. The van der Waals surface area contributed by atoms with Crippen molar-refractivity contribution in [3.63, 3.8) is 0 Å². The normalized spacial score (nSPS) is 12.8. The molecule has 0 spiro atoms. The first-order valence-corrected chi connectivity index (χ1v) is 7.87. The summed E-state index contributed by atoms with van der Waals surface area (Å²) in [5.41, 5.74) is 1.15. The van der Waals surface area contributed by atoms with E-state index in [1.807, 2.05) is 6.07 Å². The van der Waals surface area contributed by atoms with Gasteiger partial charge in [-0.1, -0.05) is 17.7 Å². The summed E-state index contributed by atoms with van der Waals surface area (Å²) in [5, 5.41) is 0.732. The van der Waals surface area contributed by atoms with Gasteiger partial charge in [-0.3, -0.25) is 0 Å². The van der Waals surface area contributed by atoms with E-state index < -0.39 is 5.38 Å². The van der Waals surface area contributed by atoms with Crippen LogP contribution in [0.4, 0.5) is 8.78 Å². The van der Waals surface area contributed by atoms with Gasteiger partial charge in [0.25, 0.3) is 0 Å². The zero-order chi connectivity index (χ0) is 15.1. The smallest absolute Gasteiger partial charge is 0.127 e. The zero-order valence-corrected chi connectivity index (χ0v) is 13.3. The van der Waals surface area contributed by atoms with Crippen molar-refractivity contribution < 1.29 is 8.78 Å². The highest BCUT2D eigenvalue weighted by atomic mass is 35.5. The van der Waals surface area contributed by atoms with Crippen LogP contribution in [-0.2, 0) is 0 Å². The fraction of sp³-hybridized carbons (Fsp3) is 0.125. The van der Waals surface area contributed by atoms with Crippen molar-refractivity contribution in [1.29, 1.82) is 0 Å². The summed E-state index contributed by atoms with van der Waals surface area (Å²) in [5.74, 6) is -0.635. The molecule has 0 aliphatic rings. The summed E-state index contributed by atoms with van der Waals surface area (Å²) < 4.78 is 27.5. The Morgan fingerprint density at radius 3 is 2.62 bits per heavy atom. The molecule has 1 atom stereocenters. The van der Waals surface area contributed by atoms with Gasteiger partial charge in [0.05, 0.1) is 5.38 Å². The van der Waals surface area contributed by atoms with E-state index in [1.165, 1.54) is 29.5 Å². The van der Waals surface area contributed by atoms with E-state index in [1.54, 1.807) is 19.1 Å². The van der Waals surface area contributed by atoms with Crippen LogP contribution in [0.25, 0.3) is 10.1 Å². The Hall–Kier alpha value is -1.16. The van der Waals surface area contributed by atoms with Crippen LogP contribution in [0, 0.1) is 18.6 Å². The molecule has 21 heavy (non-hydrogen) atoms. The lowest BCUT2D eigenvalue weighted by atomic mass is 10.1. The molecule has 1 heterocycles. The second kappa shape index (κ2) is 5.56. The highest BCUT2D eigenvalue weighted by Crippen LogP contribution is 2.40. The lowest BCUT2D eigenvalue weighted by molar-refractivity contribution is 0.618. The Labute approximate surface area is 134 Å². The number of fused-ring (bicyclic) bond motifs is 1. The van der Waals surface area contributed by atoms with Crippen LogP contribution in [0.1, 0.15) is 21.4 Å². The second-order valence-electron chi connectivity index (χ2n) is 4.82. The summed E-state index contributed by atoms with van der Waals surface area (Å²) in [6.45, 7) is 1.67. The number of benzene rings is 2. The summed E-state index contributed by atoms with van der Waals surface area (Å²) in [4.78, 5) is 0.852. The van der Waals surface area contributed by atoms with Crippen LogP contribution in [0.3, 0.4) is 0 Å². The van der Waals surface area contributed by atoms with Crippen LogP contribution in [-0.4, -0.2) is 0 Å². The predicted octanol–water partition coefficient (Wildman–Crippen LogP) is 6.47. The molecule has 1 aromatic heterocycles. The van der Waals surface area contributed by atoms with Gasteiger partial charge in [-0.25, -0.2) is 8.78 Å². The maximum Gasteiger partial charge on any atom is 0.127 e. The third-order valence-corrected chi connectivity index (χ3v) is 5.39. The lowest BCUT2D eigenvalue weighted by Crippen LogP contribution is -1.94. The first kappa shape index (κ1) is 14.8. The predicted molar refractivity (Wildman–Crippen MR) is 85.6 cm³/mol. The van der Waals surface area contributed by atoms with E-state index in [2.05, 4.69) is 0 Å². The van der Waals surface area contributed by atoms with Gasteiger partial charge in [0.1, 0.15) is 11.6 Å². The van der Waals surface area contributed by atoms with Gasteiger partial charge in [-0.2, -0.15) is 0 Å². The number of thiophene rings is 1. The van der Waals surface area contributed by atoms with E-state index in [0.29, 0.717) is 16.1 Å². The first-order valence-electron chi connectivity index (χ1n) is 6.24. The fourth-order valence-corrected chi connectivity index (χ4v) is 3.96. The first-order chi connectivity index (χ1) is 9.95. The molecule has 108 valence electrons. The van der Waals surface area contributed by atoms with Crippen molar-refractivity contribution in [2.24, 2.45) is 0 Å². The van der Waals surface area contributed by atoms with Gasteiger partial charge in [0.2, 0.25) is 0 Å². The average molecular weight is 343 g/mol. The summed E-state index contributed by atoms with van der Waals surface area (Å²) in [6.07, 6.45) is 0. The molecule has 0 amide bonds. The van der Waals surface area contributed by atoms with E-state index >= 15 is 0 Å². The van der Waals surface area contributed by atoms with Gasteiger partial charge in [0, 0.05) is 14.6 Å². The molecule has 0 aliphatic carbocycles. The minimum absolute atomic E-state index is 0.280. The number of hydrogen-bond acceptors (Lipinski definition) is 1. The molecule has 3 rings (SSSR count). The second-order valence-corrected chi connectivity index (χ2v) is 6.78. The zero-order valence-electron chi connectivity index (χ0n) is 11.0. The van der Waals surface area contributed by atoms with Gasteiger partial charge in [0.15, 0.2) is 0 Å². The van der Waals surface area contributed by atoms with E-state index in [9.17, 15) is 8.78 Å². The Kier molecular flexibility index (Phi) is 3.91. The maximum absolute atomic E-state index is 13.5. The van der Waals surface area contributed by atoms with Crippen molar-refractivity contribution in [3.05, 3.63) is 69.1 Å². The minimum atomic E-state index is -0.489. The molecule has 0 saturated heterocycles. The Morgan fingerprint density at radius 1 is 1.10 bits per heavy atom. The van der Waals surface area contributed by atoms with Gasteiger partial charge in [-0.05, 0) is 53.8 Å². The Bertz CT molecular complexity index is 827. The number of alkyl halides is 1. The standard InChI is InChI=1S/C16H10Cl2F2S/c1-8-4-11(12(17)7-13(8)20)16(18)15-5-9-2-3-10(19)6-14(9)21-15/h2-7,16H,1H3. The molecule has 0 N–H and O–H groups in total. The van der Waals surface area contributed by atoms with Crippen LogP contribution >= 0.6 is 34.5 Å². The Morgan fingerprint density at radius 2 is 1.86 bits per heavy atom. The van der Waals surface area contributed by atoms with Crippen LogP contribution in [0.15, 0.2) is 36.4 Å². The summed E-state index contributed by atoms with van der Waals surface area (Å²) in [7, 11) is 0. The molecule has 3 aromatic rings. The average Bonchev–Trinajstić information content (AvgIpc) is 2.85. The van der Waals surface area contributed by atoms with E-state index in [-0.39, 0.29) is 11.6 Å². The van der Waals surface area contributed by atoms with Gasteiger partial charge >= 0.3 is 0 Å². The SMILES string of the molecule is Cc1cc(C(Cl)c2cc3ccc(F)cc3s2)c(Cl)cc1F. The molecular weight excluding hydrogens is 333 g/mol. The topological polar surface area (TPSA) is 0 Å². The fourth-order valence-electron chi connectivity index (χ4n) is 2.18. The van der Waals surface area contributed by atoms with Crippen molar-refractivity contribution in [1.82, 2.24) is 0 Å². The highest BCUT2D eigenvalue weighted by molar-refractivity contribution is 7.19. The Balaban J connectivity index is 2.07. The van der Waals surface area contributed by atoms with E-state index in [0.717, 1.165) is 15.0 Å². The minimum Gasteiger partial charge on any atom is -0.207 e. The molecule has 0 saturated carbocycles. The van der Waals surface area contributed by atoms with Crippen LogP contribution < -0.4 is 0 Å². The molecule has 0 fully saturated rings. The molecular formula is C16H10Cl2F2S. The summed E-state index contributed by atoms with van der Waals surface area (Å²) in [6, 6.07) is 9.44. The molecule has 0 nitrogen and oxygen atoms in total. The molecule has 0 bridgehead atoms. The quantitative estimate of drug-likeness (QED) is 0.468. The van der Waals surface area contributed by atoms with Crippen molar-refractivity contribution in [3.8, 4) is 0 Å². The van der Waals surface area contributed by atoms with Crippen molar-refractivity contribution in [2.75, 3.05) is 0 Å². The molecule has 0 radical (unpaired) electrons. The van der Waals surface area contributed by atoms with Crippen molar-refractivity contribution in [2.45, 2.75) is 12.3 Å². The molecule has 2 aromatic carbocycles.